The summed E-state index contributed by atoms with van der Waals surface area (Å²) in [4.78, 5) is 12.7. The molecule has 0 aliphatic rings. The maximum atomic E-state index is 11.3. The summed E-state index contributed by atoms with van der Waals surface area (Å²) in [5.41, 5.74) is 0. The van der Waals surface area contributed by atoms with Crippen molar-refractivity contribution < 1.29 is 4.79 Å². The standard InChI is InChI=1S/C9H16N6OS/c1-3-5-7(16)10-9(17)11-8-12-14-15(13-8)6-4-2/h3-6H2,1-2H3,(H2,10,11,13,16,17). The number of nitrogens with zero attached hydrogens (tertiary/aromatic N) is 4. The van der Waals surface area contributed by atoms with Crippen LogP contribution in [0.1, 0.15) is 33.1 Å². The maximum Gasteiger partial charge on any atom is 0.269 e. The Morgan fingerprint density at radius 2 is 2.18 bits per heavy atom. The van der Waals surface area contributed by atoms with Gasteiger partial charge in [-0.15, -0.1) is 5.10 Å². The Morgan fingerprint density at radius 3 is 2.82 bits per heavy atom. The Labute approximate surface area is 105 Å². The van der Waals surface area contributed by atoms with E-state index in [0.717, 1.165) is 12.8 Å². The first-order valence-corrected chi connectivity index (χ1v) is 5.95. The Bertz CT molecular complexity index is 391. The second-order valence-electron chi connectivity index (χ2n) is 3.46. The van der Waals surface area contributed by atoms with Crippen LogP contribution in [0.5, 0.6) is 0 Å². The molecule has 0 fully saturated rings. The number of thiocarbonyl (C=S) groups is 1. The minimum absolute atomic E-state index is 0.119. The van der Waals surface area contributed by atoms with Gasteiger partial charge in [0.1, 0.15) is 0 Å². The molecular formula is C9H16N6OS. The lowest BCUT2D eigenvalue weighted by atomic mass is 10.3. The van der Waals surface area contributed by atoms with Crippen molar-refractivity contribution in [3.63, 3.8) is 0 Å². The molecule has 1 rings (SSSR count). The van der Waals surface area contributed by atoms with Gasteiger partial charge in [0, 0.05) is 6.42 Å². The zero-order valence-corrected chi connectivity index (χ0v) is 10.8. The third kappa shape index (κ3) is 4.85. The minimum Gasteiger partial charge on any atom is -0.303 e. The molecular weight excluding hydrogens is 240 g/mol. The number of anilines is 1. The monoisotopic (exact) mass is 256 g/mol. The van der Waals surface area contributed by atoms with E-state index in [4.69, 9.17) is 12.2 Å². The summed E-state index contributed by atoms with van der Waals surface area (Å²) >= 11 is 4.94. The molecule has 94 valence electrons. The van der Waals surface area contributed by atoms with E-state index in [1.807, 2.05) is 13.8 Å². The lowest BCUT2D eigenvalue weighted by molar-refractivity contribution is -0.119. The molecule has 1 aromatic rings. The SMILES string of the molecule is CCCC(=O)NC(=S)Nc1nnn(CCC)n1. The first kappa shape index (κ1) is 13.5. The number of aromatic nitrogens is 4. The van der Waals surface area contributed by atoms with Crippen molar-refractivity contribution in [2.24, 2.45) is 0 Å². The predicted octanol–water partition coefficient (Wildman–Crippen LogP) is 0.696. The summed E-state index contributed by atoms with van der Waals surface area (Å²) in [7, 11) is 0. The van der Waals surface area contributed by atoms with Crippen LogP contribution in [-0.2, 0) is 11.3 Å². The number of hydrogen-bond acceptors (Lipinski definition) is 5. The van der Waals surface area contributed by atoms with Crippen LogP contribution in [0.25, 0.3) is 0 Å². The van der Waals surface area contributed by atoms with Gasteiger partial charge in [-0.3, -0.25) is 10.1 Å². The van der Waals surface area contributed by atoms with E-state index in [2.05, 4.69) is 26.0 Å². The van der Waals surface area contributed by atoms with Crippen LogP contribution in [0.3, 0.4) is 0 Å². The second kappa shape index (κ2) is 6.89. The summed E-state index contributed by atoms with van der Waals surface area (Å²) in [6, 6.07) is 0. The molecule has 0 aromatic carbocycles. The highest BCUT2D eigenvalue weighted by molar-refractivity contribution is 7.80. The van der Waals surface area contributed by atoms with Crippen LogP contribution in [0.15, 0.2) is 0 Å². The fourth-order valence-corrected chi connectivity index (χ4v) is 1.34. The molecule has 0 bridgehead atoms. The molecule has 0 aliphatic heterocycles. The van der Waals surface area contributed by atoms with Crippen molar-refractivity contribution in [3.8, 4) is 0 Å². The quantitative estimate of drug-likeness (QED) is 0.754. The number of hydrogen-bond donors (Lipinski definition) is 2. The Hall–Kier alpha value is -1.57. The molecule has 0 saturated heterocycles. The summed E-state index contributed by atoms with van der Waals surface area (Å²) in [6.07, 6.45) is 2.14. The molecule has 1 aromatic heterocycles. The van der Waals surface area contributed by atoms with Gasteiger partial charge in [0.15, 0.2) is 5.11 Å². The Morgan fingerprint density at radius 1 is 1.41 bits per heavy atom. The van der Waals surface area contributed by atoms with Crippen LogP contribution in [0, 0.1) is 0 Å². The van der Waals surface area contributed by atoms with Crippen molar-refractivity contribution in [1.29, 1.82) is 0 Å². The summed E-state index contributed by atoms with van der Waals surface area (Å²) in [6.45, 7) is 4.64. The van der Waals surface area contributed by atoms with Crippen molar-refractivity contribution in [1.82, 2.24) is 25.5 Å². The van der Waals surface area contributed by atoms with E-state index in [9.17, 15) is 4.79 Å². The highest BCUT2D eigenvalue weighted by Crippen LogP contribution is 1.95. The van der Waals surface area contributed by atoms with Gasteiger partial charge in [0.25, 0.3) is 5.95 Å². The molecule has 0 spiro atoms. The van der Waals surface area contributed by atoms with Crippen LogP contribution in [-0.4, -0.2) is 31.2 Å². The van der Waals surface area contributed by atoms with Gasteiger partial charge in [-0.1, -0.05) is 18.9 Å². The van der Waals surface area contributed by atoms with E-state index in [1.54, 1.807) is 0 Å². The minimum atomic E-state index is -0.119. The number of carbonyl (C=O) groups excluding carboxylic acids is 1. The summed E-state index contributed by atoms with van der Waals surface area (Å²) in [5.74, 6) is 0.172. The Kier molecular flexibility index (Phi) is 5.47. The smallest absolute Gasteiger partial charge is 0.269 e. The topological polar surface area (TPSA) is 84.7 Å². The zero-order valence-electron chi connectivity index (χ0n) is 9.93. The van der Waals surface area contributed by atoms with Crippen molar-refractivity contribution in [3.05, 3.63) is 0 Å². The highest BCUT2D eigenvalue weighted by Gasteiger charge is 2.06. The van der Waals surface area contributed by atoms with E-state index in [1.165, 1.54) is 4.80 Å². The zero-order chi connectivity index (χ0) is 12.7. The highest BCUT2D eigenvalue weighted by atomic mass is 32.1. The molecule has 0 aliphatic carbocycles. The lowest BCUT2D eigenvalue weighted by Crippen LogP contribution is -2.34. The normalized spacial score (nSPS) is 10.0. The summed E-state index contributed by atoms with van der Waals surface area (Å²) < 4.78 is 0. The fraction of sp³-hybridized carbons (Fsp3) is 0.667. The average molecular weight is 256 g/mol. The van der Waals surface area contributed by atoms with Gasteiger partial charge in [0.05, 0.1) is 6.54 Å². The summed E-state index contributed by atoms with van der Waals surface area (Å²) in [5, 5.41) is 17.0. The van der Waals surface area contributed by atoms with Crippen LogP contribution >= 0.6 is 12.2 Å². The largest absolute Gasteiger partial charge is 0.303 e. The van der Waals surface area contributed by atoms with Crippen LogP contribution < -0.4 is 10.6 Å². The Balaban J connectivity index is 2.41. The number of nitrogens with one attached hydrogen (secondary N) is 2. The van der Waals surface area contributed by atoms with Gasteiger partial charge in [-0.2, -0.15) is 4.80 Å². The molecule has 8 heteroatoms. The fourth-order valence-electron chi connectivity index (χ4n) is 1.14. The number of carbonyl (C=O) groups is 1. The van der Waals surface area contributed by atoms with Crippen molar-refractivity contribution in [2.45, 2.75) is 39.7 Å². The molecule has 1 amide bonds. The van der Waals surface area contributed by atoms with Gasteiger partial charge in [0.2, 0.25) is 5.91 Å². The molecule has 0 radical (unpaired) electrons. The lowest BCUT2D eigenvalue weighted by Gasteiger charge is -2.04. The molecule has 7 nitrogen and oxygen atoms in total. The van der Waals surface area contributed by atoms with Gasteiger partial charge >= 0.3 is 0 Å². The van der Waals surface area contributed by atoms with Crippen molar-refractivity contribution >= 4 is 29.2 Å². The molecule has 1 heterocycles. The van der Waals surface area contributed by atoms with E-state index in [-0.39, 0.29) is 11.0 Å². The molecule has 0 atom stereocenters. The van der Waals surface area contributed by atoms with Crippen LogP contribution in [0.2, 0.25) is 0 Å². The number of tetrazole rings is 1. The third-order valence-electron chi connectivity index (χ3n) is 1.83. The number of rotatable bonds is 5. The van der Waals surface area contributed by atoms with Crippen LogP contribution in [0.4, 0.5) is 5.95 Å². The first-order chi connectivity index (χ1) is 8.15. The maximum absolute atomic E-state index is 11.3. The van der Waals surface area contributed by atoms with E-state index in [0.29, 0.717) is 18.9 Å². The third-order valence-corrected chi connectivity index (χ3v) is 2.04. The van der Waals surface area contributed by atoms with E-state index >= 15 is 0 Å². The van der Waals surface area contributed by atoms with E-state index < -0.39 is 0 Å². The van der Waals surface area contributed by atoms with Gasteiger partial charge in [-0.05, 0) is 30.3 Å². The second-order valence-corrected chi connectivity index (χ2v) is 3.87. The molecule has 2 N–H and O–H groups in total. The van der Waals surface area contributed by atoms with Gasteiger partial charge in [-0.25, -0.2) is 0 Å². The number of amides is 1. The number of aryl methyl sites for hydroxylation is 1. The average Bonchev–Trinajstić information content (AvgIpc) is 2.66. The predicted molar refractivity (Wildman–Crippen MR) is 67.4 cm³/mol. The molecule has 0 unspecified atom stereocenters. The molecule has 0 saturated carbocycles. The molecule has 17 heavy (non-hydrogen) atoms. The van der Waals surface area contributed by atoms with Crippen molar-refractivity contribution in [2.75, 3.05) is 5.32 Å². The van der Waals surface area contributed by atoms with Gasteiger partial charge < -0.3 is 5.32 Å². The first-order valence-electron chi connectivity index (χ1n) is 5.54.